The summed E-state index contributed by atoms with van der Waals surface area (Å²) < 4.78 is 5.16. The molecule has 0 aromatic heterocycles. The van der Waals surface area contributed by atoms with Crippen molar-refractivity contribution in [3.05, 3.63) is 39.9 Å². The molecule has 0 aliphatic carbocycles. The smallest absolute Gasteiger partial charge is 0.246 e. The monoisotopic (exact) mass is 496 g/mol. The highest BCUT2D eigenvalue weighted by atomic mass is 35.5. The highest BCUT2D eigenvalue weighted by Crippen LogP contribution is 2.23. The fraction of sp³-hybridized carbons (Fsp3) is 0.583. The Balaban J connectivity index is 1.40. The van der Waals surface area contributed by atoms with E-state index in [1.54, 1.807) is 30.2 Å². The van der Waals surface area contributed by atoms with Gasteiger partial charge in [-0.25, -0.2) is 0 Å². The van der Waals surface area contributed by atoms with Crippen molar-refractivity contribution in [2.24, 2.45) is 0 Å². The van der Waals surface area contributed by atoms with Gasteiger partial charge in [-0.2, -0.15) is 0 Å². The lowest BCUT2D eigenvalue weighted by molar-refractivity contribution is -0.130. The van der Waals surface area contributed by atoms with Crippen LogP contribution in [0, 0.1) is 0 Å². The van der Waals surface area contributed by atoms with Gasteiger partial charge in [0, 0.05) is 78.5 Å². The first kappa shape index (κ1) is 26.0. The summed E-state index contributed by atoms with van der Waals surface area (Å²) in [6.07, 6.45) is 4.58. The van der Waals surface area contributed by atoms with Crippen LogP contribution in [0.5, 0.6) is 0 Å². The first-order valence-corrected chi connectivity index (χ1v) is 12.4. The van der Waals surface area contributed by atoms with Crippen LogP contribution in [0.2, 0.25) is 10.0 Å². The van der Waals surface area contributed by atoms with E-state index < -0.39 is 0 Å². The van der Waals surface area contributed by atoms with Crippen LogP contribution in [-0.4, -0.2) is 111 Å². The van der Waals surface area contributed by atoms with Crippen LogP contribution in [0.25, 0.3) is 6.08 Å². The van der Waals surface area contributed by atoms with Crippen molar-refractivity contribution < 1.29 is 14.3 Å². The van der Waals surface area contributed by atoms with Gasteiger partial charge in [0.25, 0.3) is 0 Å². The number of carbonyl (C=O) groups is 2. The third-order valence-corrected chi connectivity index (χ3v) is 6.98. The van der Waals surface area contributed by atoms with Crippen LogP contribution < -0.4 is 0 Å². The Kier molecular flexibility index (Phi) is 10.5. The highest BCUT2D eigenvalue weighted by Gasteiger charge is 2.23. The molecule has 2 saturated heterocycles. The maximum atomic E-state index is 12.6. The minimum absolute atomic E-state index is 0.0953. The summed E-state index contributed by atoms with van der Waals surface area (Å²) in [5, 5.41) is 0.936. The SMILES string of the molecule is COCCN1CCN(CCCN2CCN(C(=O)C=Cc3ccc(Cl)c(Cl)c3)CCC2=O)CC1. The van der Waals surface area contributed by atoms with Crippen LogP contribution in [0.1, 0.15) is 18.4 Å². The van der Waals surface area contributed by atoms with Crippen LogP contribution in [0.3, 0.4) is 0 Å². The molecular weight excluding hydrogens is 463 g/mol. The normalized spacial score (nSPS) is 18.8. The summed E-state index contributed by atoms with van der Waals surface area (Å²) in [4.78, 5) is 33.7. The molecule has 2 aliphatic heterocycles. The second-order valence-electron chi connectivity index (χ2n) is 8.49. The number of halogens is 2. The maximum Gasteiger partial charge on any atom is 0.246 e. The molecule has 0 atom stereocenters. The van der Waals surface area contributed by atoms with E-state index in [0.717, 1.165) is 64.4 Å². The number of amides is 2. The maximum absolute atomic E-state index is 12.6. The number of methoxy groups -OCH3 is 1. The lowest BCUT2D eigenvalue weighted by Gasteiger charge is -2.34. The number of ether oxygens (including phenoxy) is 1. The number of hydrogen-bond acceptors (Lipinski definition) is 5. The molecule has 1 aromatic carbocycles. The zero-order chi connectivity index (χ0) is 23.6. The van der Waals surface area contributed by atoms with Crippen LogP contribution in [0.15, 0.2) is 24.3 Å². The van der Waals surface area contributed by atoms with Gasteiger partial charge < -0.3 is 19.4 Å². The van der Waals surface area contributed by atoms with E-state index in [2.05, 4.69) is 9.80 Å². The van der Waals surface area contributed by atoms with Crippen molar-refractivity contribution >= 4 is 41.1 Å². The number of nitrogens with zero attached hydrogens (tertiary/aromatic N) is 4. The summed E-state index contributed by atoms with van der Waals surface area (Å²) >= 11 is 12.0. The van der Waals surface area contributed by atoms with E-state index in [1.807, 2.05) is 11.0 Å². The van der Waals surface area contributed by atoms with Gasteiger partial charge in [-0.05, 0) is 36.7 Å². The fourth-order valence-electron chi connectivity index (χ4n) is 4.15. The Labute approximate surface area is 206 Å². The molecule has 0 radical (unpaired) electrons. The largest absolute Gasteiger partial charge is 0.383 e. The summed E-state index contributed by atoms with van der Waals surface area (Å²) in [6.45, 7) is 9.34. The average molecular weight is 497 g/mol. The second kappa shape index (κ2) is 13.3. The zero-order valence-corrected chi connectivity index (χ0v) is 20.9. The van der Waals surface area contributed by atoms with Crippen LogP contribution >= 0.6 is 23.2 Å². The summed E-state index contributed by atoms with van der Waals surface area (Å²) in [6, 6.07) is 5.24. The minimum atomic E-state index is -0.0953. The first-order chi connectivity index (χ1) is 16.0. The Morgan fingerprint density at radius 1 is 0.970 bits per heavy atom. The van der Waals surface area contributed by atoms with Crippen LogP contribution in [-0.2, 0) is 14.3 Å². The molecule has 1 aromatic rings. The molecule has 3 rings (SSSR count). The molecule has 2 aliphatic rings. The molecular formula is C24H34Cl2N4O3. The van der Waals surface area contributed by atoms with Crippen LogP contribution in [0.4, 0.5) is 0 Å². The quantitative estimate of drug-likeness (QED) is 0.492. The van der Waals surface area contributed by atoms with Crippen molar-refractivity contribution in [1.82, 2.24) is 19.6 Å². The third kappa shape index (κ3) is 8.26. The van der Waals surface area contributed by atoms with Gasteiger partial charge in [-0.3, -0.25) is 14.5 Å². The third-order valence-electron chi connectivity index (χ3n) is 6.24. The predicted molar refractivity (Wildman–Crippen MR) is 133 cm³/mol. The van der Waals surface area contributed by atoms with E-state index in [-0.39, 0.29) is 11.8 Å². The van der Waals surface area contributed by atoms with E-state index in [4.69, 9.17) is 27.9 Å². The minimum Gasteiger partial charge on any atom is -0.383 e. The second-order valence-corrected chi connectivity index (χ2v) is 9.31. The fourth-order valence-corrected chi connectivity index (χ4v) is 4.46. The molecule has 33 heavy (non-hydrogen) atoms. The van der Waals surface area contributed by atoms with Crippen molar-refractivity contribution in [1.29, 1.82) is 0 Å². The van der Waals surface area contributed by atoms with E-state index >= 15 is 0 Å². The molecule has 0 bridgehead atoms. The van der Waals surface area contributed by atoms with Crippen molar-refractivity contribution in [2.75, 3.05) is 79.2 Å². The molecule has 7 nitrogen and oxygen atoms in total. The molecule has 0 saturated carbocycles. The van der Waals surface area contributed by atoms with E-state index in [9.17, 15) is 9.59 Å². The Morgan fingerprint density at radius 3 is 2.39 bits per heavy atom. The highest BCUT2D eigenvalue weighted by molar-refractivity contribution is 6.42. The van der Waals surface area contributed by atoms with Crippen molar-refractivity contribution in [3.63, 3.8) is 0 Å². The number of piperazine rings is 1. The molecule has 2 heterocycles. The van der Waals surface area contributed by atoms with Gasteiger partial charge >= 0.3 is 0 Å². The molecule has 0 N–H and O–H groups in total. The van der Waals surface area contributed by atoms with Crippen molar-refractivity contribution in [2.45, 2.75) is 12.8 Å². The summed E-state index contributed by atoms with van der Waals surface area (Å²) in [7, 11) is 1.74. The summed E-state index contributed by atoms with van der Waals surface area (Å²) in [5.41, 5.74) is 0.810. The lowest BCUT2D eigenvalue weighted by atomic mass is 10.2. The Morgan fingerprint density at radius 2 is 1.70 bits per heavy atom. The van der Waals surface area contributed by atoms with Gasteiger partial charge in [0.1, 0.15) is 0 Å². The Bertz CT molecular complexity index is 828. The molecule has 2 fully saturated rings. The molecule has 182 valence electrons. The number of carbonyl (C=O) groups excluding carboxylic acids is 2. The lowest BCUT2D eigenvalue weighted by Crippen LogP contribution is -2.47. The zero-order valence-electron chi connectivity index (χ0n) is 19.3. The Hall–Kier alpha value is -1.64. The van der Waals surface area contributed by atoms with E-state index in [0.29, 0.717) is 36.1 Å². The first-order valence-electron chi connectivity index (χ1n) is 11.6. The summed E-state index contributed by atoms with van der Waals surface area (Å²) in [5.74, 6) is 0.0326. The standard InChI is InChI=1S/C24H34Cl2N4O3/c1-33-18-17-28-13-11-27(12-14-28)8-2-9-29-15-16-30(10-7-24(29)32)23(31)6-4-20-3-5-21(25)22(26)19-20/h3-6,19H,2,7-18H2,1H3. The predicted octanol–water partition coefficient (Wildman–Crippen LogP) is 2.72. The number of hydrogen-bond donors (Lipinski definition) is 0. The van der Waals surface area contributed by atoms with Gasteiger partial charge in [0.05, 0.1) is 16.7 Å². The van der Waals surface area contributed by atoms with Gasteiger partial charge in [0.2, 0.25) is 11.8 Å². The van der Waals surface area contributed by atoms with E-state index in [1.165, 1.54) is 6.08 Å². The van der Waals surface area contributed by atoms with Gasteiger partial charge in [-0.15, -0.1) is 0 Å². The molecule has 0 spiro atoms. The van der Waals surface area contributed by atoms with Gasteiger partial charge in [-0.1, -0.05) is 29.3 Å². The molecule has 2 amide bonds. The van der Waals surface area contributed by atoms with Crippen molar-refractivity contribution in [3.8, 4) is 0 Å². The molecule has 0 unspecified atom stereocenters. The molecule has 9 heteroatoms. The number of benzene rings is 1. The number of rotatable bonds is 9. The average Bonchev–Trinajstić information content (AvgIpc) is 3.00. The topological polar surface area (TPSA) is 56.3 Å². The van der Waals surface area contributed by atoms with Gasteiger partial charge in [0.15, 0.2) is 0 Å².